The summed E-state index contributed by atoms with van der Waals surface area (Å²) < 4.78 is 21.0. The molecule has 0 amide bonds. The maximum absolute atomic E-state index is 10.4. The maximum Gasteiger partial charge on any atom is 0.320 e. The maximum atomic E-state index is 10.4. The molecule has 0 aromatic carbocycles. The quantitative estimate of drug-likeness (QED) is 0.588. The van der Waals surface area contributed by atoms with Crippen LogP contribution in [0.15, 0.2) is 0 Å². The molecule has 0 unspecified atom stereocenters. The van der Waals surface area contributed by atoms with Crippen LogP contribution in [0.2, 0.25) is 0 Å². The van der Waals surface area contributed by atoms with Gasteiger partial charge in [0.1, 0.15) is 6.04 Å². The molecule has 0 aliphatic heterocycles. The lowest BCUT2D eigenvalue weighted by molar-refractivity contribution is -0.139. The average molecular weight is 134 g/mol. The van der Waals surface area contributed by atoms with Gasteiger partial charge >= 0.3 is 5.97 Å². The Morgan fingerprint density at radius 2 is 2.56 bits per heavy atom. The first-order chi connectivity index (χ1) is 5.30. The van der Waals surface area contributed by atoms with Crippen molar-refractivity contribution in [1.82, 2.24) is 0 Å². The third kappa shape index (κ3) is 2.46. The predicted octanol–water partition coefficient (Wildman–Crippen LogP) is 0.444. The van der Waals surface area contributed by atoms with E-state index in [1.807, 2.05) is 0 Å². The van der Waals surface area contributed by atoms with Gasteiger partial charge in [-0.3, -0.25) is 4.79 Å². The van der Waals surface area contributed by atoms with Crippen LogP contribution in [0.5, 0.6) is 0 Å². The molecule has 3 heteroatoms. The van der Waals surface area contributed by atoms with Crippen LogP contribution in [0.3, 0.4) is 0 Å². The zero-order chi connectivity index (χ0) is 9.94. The predicted molar refractivity (Wildman–Crippen MR) is 35.1 cm³/mol. The lowest BCUT2D eigenvalue weighted by Gasteiger charge is -2.11. The molecule has 3 N–H and O–H groups in total. The van der Waals surface area contributed by atoms with Gasteiger partial charge in [0.05, 0.1) is 0 Å². The van der Waals surface area contributed by atoms with Gasteiger partial charge < -0.3 is 10.8 Å². The summed E-state index contributed by atoms with van der Waals surface area (Å²) in [6, 6.07) is -1.30. The van der Waals surface area contributed by atoms with E-state index in [1.165, 1.54) is 0 Å². The highest BCUT2D eigenvalue weighted by atomic mass is 16.4. The Hall–Kier alpha value is -0.570. The second kappa shape index (κ2) is 3.45. The first-order valence-corrected chi connectivity index (χ1v) is 2.79. The van der Waals surface area contributed by atoms with Crippen LogP contribution in [0.25, 0.3) is 0 Å². The number of carbonyl (C=O) groups is 1. The Balaban J connectivity index is 4.45. The monoisotopic (exact) mass is 134 g/mol. The molecule has 0 aromatic rings. The summed E-state index contributed by atoms with van der Waals surface area (Å²) >= 11 is 0. The van der Waals surface area contributed by atoms with Gasteiger partial charge in [-0.1, -0.05) is 20.2 Å². The Labute approximate surface area is 59.1 Å². The molecule has 0 bridgehead atoms. The van der Waals surface area contributed by atoms with Crippen LogP contribution >= 0.6 is 0 Å². The first kappa shape index (κ1) is 4.28. The molecule has 0 saturated carbocycles. The van der Waals surface area contributed by atoms with Crippen LogP contribution in [-0.4, -0.2) is 17.1 Å². The van der Waals surface area contributed by atoms with Crippen molar-refractivity contribution >= 4 is 5.97 Å². The largest absolute Gasteiger partial charge is 0.480 e. The molecule has 3 nitrogen and oxygen atoms in total. The minimum absolute atomic E-state index is 0.240. The number of carboxylic acid groups (broad SMARTS) is 1. The summed E-state index contributed by atoms with van der Waals surface area (Å²) in [6.07, 6.45) is 0.240. The van der Waals surface area contributed by atoms with E-state index in [0.29, 0.717) is 0 Å². The smallest absolute Gasteiger partial charge is 0.320 e. The van der Waals surface area contributed by atoms with Crippen molar-refractivity contribution in [3.8, 4) is 0 Å². The van der Waals surface area contributed by atoms with Crippen LogP contribution < -0.4 is 5.73 Å². The van der Waals surface area contributed by atoms with Gasteiger partial charge in [0.25, 0.3) is 0 Å². The standard InChI is InChI=1S/C6H13NO2/c1-3-4(2)5(7)6(8)9/h4-5H,3,7H2,1-2H3,(H,8,9)/t4-,5-/m0/s1/i2D3,7+0. The topological polar surface area (TPSA) is 63.3 Å². The third-order valence-electron chi connectivity index (χ3n) is 1.16. The minimum atomic E-state index is -2.29. The van der Waals surface area contributed by atoms with E-state index in [2.05, 4.69) is 0 Å². The molecule has 0 rings (SSSR count). The summed E-state index contributed by atoms with van der Waals surface area (Å²) in [5.74, 6) is -2.23. The van der Waals surface area contributed by atoms with Gasteiger partial charge in [-0.25, -0.2) is 0 Å². The van der Waals surface area contributed by atoms with Crippen LogP contribution in [-0.2, 0) is 4.79 Å². The third-order valence-corrected chi connectivity index (χ3v) is 1.16. The summed E-state index contributed by atoms with van der Waals surface area (Å²) in [5.41, 5.74) is 5.20. The fourth-order valence-corrected chi connectivity index (χ4v) is 0.426. The lowest BCUT2D eigenvalue weighted by Crippen LogP contribution is -2.36. The molecule has 54 valence electrons. The van der Waals surface area contributed by atoms with E-state index in [1.54, 1.807) is 6.92 Å². The molecular formula is C6H13NO2. The van der Waals surface area contributed by atoms with Crippen LogP contribution in [0.1, 0.15) is 24.3 Å². The number of nitrogens with two attached hydrogens (primary N) is 1. The molecule has 0 heterocycles. The van der Waals surface area contributed by atoms with Crippen molar-refractivity contribution in [2.24, 2.45) is 11.7 Å². The number of hydrogen-bond acceptors (Lipinski definition) is 2. The van der Waals surface area contributed by atoms with Crippen molar-refractivity contribution in [3.05, 3.63) is 0 Å². The molecule has 0 aromatic heterocycles. The van der Waals surface area contributed by atoms with Crippen molar-refractivity contribution in [2.45, 2.75) is 26.2 Å². The highest BCUT2D eigenvalue weighted by molar-refractivity contribution is 5.73. The molecule has 0 spiro atoms. The summed E-state index contributed by atoms with van der Waals surface area (Å²) in [5, 5.41) is 8.47. The Morgan fingerprint density at radius 3 is 2.67 bits per heavy atom. The highest BCUT2D eigenvalue weighted by Crippen LogP contribution is 2.04. The van der Waals surface area contributed by atoms with Gasteiger partial charge in [0.15, 0.2) is 0 Å². The fraction of sp³-hybridized carbons (Fsp3) is 0.833. The van der Waals surface area contributed by atoms with Crippen molar-refractivity contribution in [2.75, 3.05) is 0 Å². The summed E-state index contributed by atoms with van der Waals surface area (Å²) in [6.45, 7) is -0.674. The van der Waals surface area contributed by atoms with Crippen LogP contribution in [0, 0.1) is 5.92 Å². The molecule has 0 fully saturated rings. The van der Waals surface area contributed by atoms with Crippen LogP contribution in [0.4, 0.5) is 0 Å². The van der Waals surface area contributed by atoms with E-state index < -0.39 is 24.8 Å². The molecule has 0 saturated heterocycles. The van der Waals surface area contributed by atoms with E-state index in [4.69, 9.17) is 15.0 Å². The lowest BCUT2D eigenvalue weighted by atomic mass is 10.0. The van der Waals surface area contributed by atoms with Gasteiger partial charge in [0, 0.05) is 4.11 Å². The Bertz CT molecular complexity index is 169. The highest BCUT2D eigenvalue weighted by Gasteiger charge is 2.17. The Morgan fingerprint density at radius 1 is 2.00 bits per heavy atom. The number of hydrogen-bond donors (Lipinski definition) is 2. The van der Waals surface area contributed by atoms with Gasteiger partial charge in [-0.15, -0.1) is 0 Å². The van der Waals surface area contributed by atoms with Crippen molar-refractivity contribution < 1.29 is 14.0 Å². The van der Waals surface area contributed by atoms with E-state index in [-0.39, 0.29) is 6.42 Å². The zero-order valence-corrected chi connectivity index (χ0v) is 5.29. The van der Waals surface area contributed by atoms with E-state index >= 15 is 0 Å². The number of carboxylic acids is 1. The molecule has 9 heavy (non-hydrogen) atoms. The fourth-order valence-electron chi connectivity index (χ4n) is 0.426. The normalized spacial score (nSPS) is 23.1. The second-order valence-electron chi connectivity index (χ2n) is 1.88. The minimum Gasteiger partial charge on any atom is -0.480 e. The number of aliphatic carboxylic acids is 1. The number of rotatable bonds is 3. The average Bonchev–Trinajstić information content (AvgIpc) is 1.85. The summed E-state index contributed by atoms with van der Waals surface area (Å²) in [7, 11) is 0. The SMILES string of the molecule is [2H]C([2H])([2H])[C@@H](CC)[C@H]([14NH2])C(=O)O. The van der Waals surface area contributed by atoms with E-state index in [0.717, 1.165) is 0 Å². The zero-order valence-electron chi connectivity index (χ0n) is 8.29. The molecule has 0 aliphatic rings. The molecule has 0 radical (unpaired) electrons. The van der Waals surface area contributed by atoms with Crippen molar-refractivity contribution in [1.29, 1.82) is 0 Å². The van der Waals surface area contributed by atoms with Gasteiger partial charge in [-0.05, 0) is 5.92 Å². The summed E-state index contributed by atoms with van der Waals surface area (Å²) in [4.78, 5) is 10.4. The van der Waals surface area contributed by atoms with E-state index in [9.17, 15) is 4.79 Å². The molecular weight excluding hydrogens is 118 g/mol. The first-order valence-electron chi connectivity index (χ1n) is 4.29. The second-order valence-corrected chi connectivity index (χ2v) is 1.88. The van der Waals surface area contributed by atoms with Gasteiger partial charge in [-0.2, -0.15) is 0 Å². The van der Waals surface area contributed by atoms with Crippen molar-refractivity contribution in [3.63, 3.8) is 0 Å². The Kier molecular flexibility index (Phi) is 1.64. The van der Waals surface area contributed by atoms with Gasteiger partial charge in [0.2, 0.25) is 0 Å². The molecule has 2 atom stereocenters. The molecule has 0 aliphatic carbocycles.